The van der Waals surface area contributed by atoms with E-state index in [0.717, 1.165) is 73.8 Å². The van der Waals surface area contributed by atoms with Crippen LogP contribution in [0.2, 0.25) is 0 Å². The van der Waals surface area contributed by atoms with Crippen LogP contribution in [0.5, 0.6) is 69.0 Å². The quantitative estimate of drug-likeness (QED) is 0.0191. The molecule has 0 unspecified atom stereocenters. The molecule has 26 nitrogen and oxygen atoms in total. The number of nitrogens with one attached hydrogen (secondary N) is 1. The molecule has 105 heavy (non-hydrogen) atoms. The number of aliphatic hydroxyl groups excluding tert-OH is 1. The van der Waals surface area contributed by atoms with E-state index in [4.69, 9.17) is 73.5 Å². The molecule has 2 atom stereocenters. The fourth-order valence-corrected chi connectivity index (χ4v) is 10.2. The molecule has 0 aromatic heterocycles. The van der Waals surface area contributed by atoms with Crippen molar-refractivity contribution in [3.63, 3.8) is 0 Å². The van der Waals surface area contributed by atoms with E-state index < -0.39 is 87.4 Å². The zero-order valence-electron chi connectivity index (χ0n) is 56.2. The minimum absolute atomic E-state index is 0. The Kier molecular flexibility index (Phi) is 30.2. The number of carboxylic acid groups (broad SMARTS) is 1. The number of carbonyl (C=O) groups is 7. The van der Waals surface area contributed by atoms with Gasteiger partial charge in [0, 0.05) is 28.8 Å². The van der Waals surface area contributed by atoms with Crippen molar-refractivity contribution in [2.75, 3.05) is 119 Å². The summed E-state index contributed by atoms with van der Waals surface area (Å²) in [5, 5.41) is 20.9. The number of esters is 3. The molecule has 0 radical (unpaired) electrons. The van der Waals surface area contributed by atoms with Crippen LogP contribution in [0.25, 0.3) is 0 Å². The van der Waals surface area contributed by atoms with E-state index in [-0.39, 0.29) is 69.8 Å². The fraction of sp³-hybridized carbons (Fsp3) is 0.403. The van der Waals surface area contributed by atoms with Gasteiger partial charge >= 0.3 is 46.9 Å². The minimum atomic E-state index is -3.92. The number of alkyl halides is 6. The van der Waals surface area contributed by atoms with Crippen LogP contribution in [0.4, 0.5) is 26.3 Å². The third-order valence-electron chi connectivity index (χ3n) is 15.2. The average Bonchev–Trinajstić information content (AvgIpc) is 1.38. The number of Topliss-reactive ketones (excluding diaryl/α,β-unsaturated/α-hetero) is 1. The van der Waals surface area contributed by atoms with Crippen molar-refractivity contribution in [3.05, 3.63) is 143 Å². The van der Waals surface area contributed by atoms with E-state index in [9.17, 15) is 56.2 Å². The molecule has 0 spiro atoms. The van der Waals surface area contributed by atoms with Gasteiger partial charge in [-0.25, -0.2) is 19.2 Å². The number of ketones is 1. The number of hydrogen-bond acceptors (Lipinski definition) is 24. The van der Waals surface area contributed by atoms with Crippen LogP contribution >= 0.6 is 11.6 Å². The number of carbonyl (C=O) groups excluding carboxylic acids is 6. The Morgan fingerprint density at radius 3 is 1.19 bits per heavy atom. The van der Waals surface area contributed by atoms with Crippen molar-refractivity contribution in [3.8, 4) is 69.0 Å². The van der Waals surface area contributed by atoms with Gasteiger partial charge in [-0.2, -0.15) is 26.3 Å². The fourth-order valence-electron chi connectivity index (χ4n) is 10.2. The van der Waals surface area contributed by atoms with Crippen LogP contribution in [0.1, 0.15) is 79.8 Å². The molecule has 6 aromatic rings. The number of carboxylic acids is 1. The van der Waals surface area contributed by atoms with Crippen LogP contribution < -0.4 is 62.2 Å². The van der Waals surface area contributed by atoms with Crippen molar-refractivity contribution >= 4 is 52.4 Å². The van der Waals surface area contributed by atoms with Crippen molar-refractivity contribution < 1.29 is 141 Å². The smallest absolute Gasteiger partial charge is 0.391 e. The molecule has 7 aliphatic heterocycles. The van der Waals surface area contributed by atoms with Gasteiger partial charge < -0.3 is 91.5 Å². The Hall–Kier alpha value is -10.6. The van der Waals surface area contributed by atoms with Gasteiger partial charge in [-0.15, -0.1) is 0 Å². The van der Waals surface area contributed by atoms with Crippen LogP contribution in [-0.2, 0) is 60.7 Å². The first-order valence-electron chi connectivity index (χ1n) is 32.5. The summed E-state index contributed by atoms with van der Waals surface area (Å²) in [6, 6.07) is 26.8. The second-order valence-corrected chi connectivity index (χ2v) is 22.6. The number of ether oxygens (including phenoxy) is 15. The van der Waals surface area contributed by atoms with Crippen molar-refractivity contribution in [1.29, 1.82) is 0 Å². The lowest BCUT2D eigenvalue weighted by Gasteiger charge is -2.31. The molecule has 1 saturated heterocycles. The second-order valence-electron chi connectivity index (χ2n) is 22.3. The summed E-state index contributed by atoms with van der Waals surface area (Å²) in [6.45, 7) is 11.7. The molecule has 1 fully saturated rings. The predicted octanol–water partition coefficient (Wildman–Crippen LogP) is 9.99. The molecule has 3 N–H and O–H groups in total. The molecule has 7 heterocycles. The van der Waals surface area contributed by atoms with E-state index in [2.05, 4.69) is 24.4 Å². The number of aliphatic carboxylic acids is 1. The van der Waals surface area contributed by atoms with Crippen molar-refractivity contribution in [2.45, 2.75) is 71.0 Å². The van der Waals surface area contributed by atoms with Crippen molar-refractivity contribution in [1.82, 2.24) is 10.2 Å². The number of rotatable bonds is 17. The van der Waals surface area contributed by atoms with Gasteiger partial charge in [0.15, 0.2) is 69.0 Å². The lowest BCUT2D eigenvalue weighted by Crippen LogP contribution is -2.51. The topological polar surface area (TPSA) is 314 Å². The summed E-state index contributed by atoms with van der Waals surface area (Å²) in [6.07, 6.45) is 0.730. The lowest BCUT2D eigenvalue weighted by molar-refractivity contribution is -0.173. The normalized spacial score (nSPS) is 15.2. The third kappa shape index (κ3) is 22.2. The molecule has 1 amide bonds. The summed E-state index contributed by atoms with van der Waals surface area (Å²) in [5.41, 5.74) is -0.906. The Morgan fingerprint density at radius 2 is 0.800 bits per heavy atom. The van der Waals surface area contributed by atoms with E-state index in [1.54, 1.807) is 38.1 Å². The number of nitrogens with zero attached hydrogens (tertiary/aromatic N) is 1. The lowest BCUT2D eigenvalue weighted by atomic mass is 9.99. The summed E-state index contributed by atoms with van der Waals surface area (Å²) in [7, 11) is 0. The van der Waals surface area contributed by atoms with Gasteiger partial charge in [-0.1, -0.05) is 25.6 Å². The summed E-state index contributed by atoms with van der Waals surface area (Å²) >= 11 is 4.69. The number of amides is 1. The second kappa shape index (κ2) is 38.8. The van der Waals surface area contributed by atoms with Gasteiger partial charge in [0.1, 0.15) is 85.4 Å². The largest absolute Gasteiger partial charge is 0.486 e. The highest BCUT2D eigenvalue weighted by molar-refractivity contribution is 6.80. The number of benzene rings is 6. The first kappa shape index (κ1) is 81.7. The highest BCUT2D eigenvalue weighted by atomic mass is 35.5. The SMILES string of the molecule is C.CCOC(=O)C(=O)Cl.CCOC(=O)C(=O)c1ccc2c(c1)OCCO2.CCOC(=O)C(F)(F)c1ccc2c(c1)OCCO2.O=C(N[C@H](CN1CCCC1)[C@H](O)c1ccc2c(c1)OCCO2)C(F)(F)c1ccc2c(c1)OCCO2.O=C(O)C(F)(F)c1ccc2c(c1)OCCO2.c1ccc2c(c1)OCCO2. The number of hydrogen-bond donors (Lipinski definition) is 3. The number of fused-ring (bicyclic) bond motifs is 6. The predicted molar refractivity (Wildman–Crippen MR) is 358 cm³/mol. The van der Waals surface area contributed by atoms with Crippen LogP contribution in [0.15, 0.2) is 115 Å². The maximum absolute atomic E-state index is 15.2. The van der Waals surface area contributed by atoms with Crippen LogP contribution in [-0.4, -0.2) is 181 Å². The highest BCUT2D eigenvalue weighted by Crippen LogP contribution is 2.42. The maximum atomic E-state index is 15.2. The molecule has 568 valence electrons. The molecule has 6 aromatic carbocycles. The summed E-state index contributed by atoms with van der Waals surface area (Å²) < 4.78 is 161. The Balaban J connectivity index is 0.000000189. The van der Waals surface area contributed by atoms with Gasteiger partial charge in [0.2, 0.25) is 0 Å². The molecule has 33 heteroatoms. The summed E-state index contributed by atoms with van der Waals surface area (Å²) in [5.74, 6) is -13.8. The first-order valence-corrected chi connectivity index (χ1v) is 32.9. The average molecular weight is 1500 g/mol. The number of aliphatic hydroxyl groups is 1. The van der Waals surface area contributed by atoms with Gasteiger partial charge in [-0.3, -0.25) is 14.4 Å². The van der Waals surface area contributed by atoms with E-state index in [0.29, 0.717) is 112 Å². The summed E-state index contributed by atoms with van der Waals surface area (Å²) in [4.78, 5) is 79.3. The first-order chi connectivity index (χ1) is 49.8. The molecule has 0 aliphatic carbocycles. The molecule has 0 bridgehead atoms. The minimum Gasteiger partial charge on any atom is -0.486 e. The number of halogens is 7. The van der Waals surface area contributed by atoms with Gasteiger partial charge in [-0.05, 0) is 161 Å². The third-order valence-corrected chi connectivity index (χ3v) is 15.4. The molecule has 7 aliphatic rings. The highest BCUT2D eigenvalue weighted by Gasteiger charge is 2.46. The molecule has 13 rings (SSSR count). The zero-order valence-corrected chi connectivity index (χ0v) is 57.0. The van der Waals surface area contributed by atoms with Crippen LogP contribution in [0.3, 0.4) is 0 Å². The zero-order chi connectivity index (χ0) is 75.0. The van der Waals surface area contributed by atoms with E-state index in [1.165, 1.54) is 37.3 Å². The molecular weight excluding hydrogens is 1430 g/mol. The molecular formula is C72H77ClF6N2O24. The Morgan fingerprint density at radius 1 is 0.457 bits per heavy atom. The van der Waals surface area contributed by atoms with Crippen LogP contribution in [0, 0.1) is 0 Å². The van der Waals surface area contributed by atoms with Gasteiger partial charge in [0.25, 0.3) is 11.7 Å². The van der Waals surface area contributed by atoms with Gasteiger partial charge in [0.05, 0.1) is 25.9 Å². The van der Waals surface area contributed by atoms with E-state index >= 15 is 8.78 Å². The van der Waals surface area contributed by atoms with Crippen molar-refractivity contribution in [2.24, 2.45) is 0 Å². The Labute approximate surface area is 603 Å². The monoisotopic (exact) mass is 1500 g/mol. The molecule has 0 saturated carbocycles. The number of likely N-dealkylation sites (tertiary alicyclic amines) is 1. The number of para-hydroxylation sites is 2. The Bertz CT molecular complexity index is 3950. The maximum Gasteiger partial charge on any atom is 0.391 e. The van der Waals surface area contributed by atoms with E-state index in [1.807, 2.05) is 24.3 Å². The standard InChI is InChI=1S/C25H28F2N2O6.C12H12F2O4.C12H12O5.C10H8F2O4.C8H8O2.C4H5ClO3.CH4/c26-25(27,17-4-6-20-22(14-17)35-12-10-33-20)24(31)28-18(15-29-7-1-2-8-29)23(30)16-3-5-19-21(13-16)34-11-9-32-19;1-2-16-11(15)12(13,14)8-3-4-9-10(7-8)18-6-5-17-9;1-2-15-12(14)11(13)8-3-4-9-10(7-8)17-6-5-16-9;11-10(12,9(13)14)6-1-2-7-8(5-6)16-4-3-15-7;1-2-4-8-7(3-1)9-5-6-10-8;1-2-8-4(7)3(5)6;/h3-6,13-14,18,23,30H,1-2,7-12,15H2,(H,28,31);3-4,7H,2,5-6H2,1H3;3-4,7H,2,5-6H2,1H3;1-2,5H,3-4H2,(H,13,14);1-4H,5-6H2;2H2,1H3;1H4/t18-,23-;;;;;;/m1....../s1.